The molecule has 0 heterocycles. The van der Waals surface area contributed by atoms with E-state index < -0.39 is 11.5 Å². The van der Waals surface area contributed by atoms with E-state index in [9.17, 15) is 14.4 Å². The van der Waals surface area contributed by atoms with Gasteiger partial charge in [0.05, 0.1) is 6.61 Å². The number of allylic oxidation sites excluding steroid dienone is 2. The third-order valence-corrected chi connectivity index (χ3v) is 14.2. The summed E-state index contributed by atoms with van der Waals surface area (Å²) < 4.78 is 11.8. The minimum Gasteiger partial charge on any atom is -0.465 e. The van der Waals surface area contributed by atoms with E-state index in [1.165, 1.54) is 31.8 Å². The van der Waals surface area contributed by atoms with Crippen LogP contribution >= 0.6 is 0 Å². The van der Waals surface area contributed by atoms with Gasteiger partial charge in [0.25, 0.3) is 0 Å². The maximum atomic E-state index is 14.6. The molecule has 4 fully saturated rings. The summed E-state index contributed by atoms with van der Waals surface area (Å²) in [5.41, 5.74) is 0.132. The van der Waals surface area contributed by atoms with Crippen molar-refractivity contribution in [2.75, 3.05) is 6.61 Å². The van der Waals surface area contributed by atoms with E-state index in [-0.39, 0.29) is 51.2 Å². The molecule has 230 valence electrons. The van der Waals surface area contributed by atoms with Crippen LogP contribution in [0.1, 0.15) is 127 Å². The third kappa shape index (κ3) is 4.24. The third-order valence-electron chi connectivity index (χ3n) is 14.2. The second-order valence-corrected chi connectivity index (χ2v) is 16.2. The van der Waals surface area contributed by atoms with Crippen LogP contribution in [0, 0.1) is 56.7 Å². The molecule has 4 saturated carbocycles. The largest absolute Gasteiger partial charge is 0.465 e. The number of fused-ring (bicyclic) bond motifs is 7. The zero-order valence-corrected chi connectivity index (χ0v) is 27.4. The highest BCUT2D eigenvalue weighted by atomic mass is 16.6. The van der Waals surface area contributed by atoms with Gasteiger partial charge in [-0.1, -0.05) is 60.5 Å². The van der Waals surface area contributed by atoms with E-state index >= 15 is 0 Å². The Bertz CT molecular complexity index is 1130. The molecular formula is C36H56O5. The van der Waals surface area contributed by atoms with Crippen LogP contribution in [-0.4, -0.2) is 30.4 Å². The van der Waals surface area contributed by atoms with Crippen LogP contribution in [0.3, 0.4) is 0 Å². The molecule has 0 aromatic rings. The van der Waals surface area contributed by atoms with Gasteiger partial charge in [-0.05, 0) is 116 Å². The molecule has 0 unspecified atom stereocenters. The van der Waals surface area contributed by atoms with E-state index in [4.69, 9.17) is 9.47 Å². The van der Waals surface area contributed by atoms with E-state index in [0.717, 1.165) is 38.5 Å². The molecule has 5 nitrogen and oxygen atoms in total. The van der Waals surface area contributed by atoms with Gasteiger partial charge < -0.3 is 9.47 Å². The minimum absolute atomic E-state index is 0.0418. The van der Waals surface area contributed by atoms with Gasteiger partial charge >= 0.3 is 11.9 Å². The molecule has 0 bridgehead atoms. The summed E-state index contributed by atoms with van der Waals surface area (Å²) in [5.74, 6) is 1.09. The molecule has 0 amide bonds. The van der Waals surface area contributed by atoms with Crippen LogP contribution in [-0.2, 0) is 23.9 Å². The highest BCUT2D eigenvalue weighted by molar-refractivity contribution is 5.96. The molecule has 5 aliphatic carbocycles. The maximum Gasteiger partial charge on any atom is 0.315 e. The fourth-order valence-corrected chi connectivity index (χ4v) is 11.5. The fourth-order valence-electron chi connectivity index (χ4n) is 11.5. The predicted molar refractivity (Wildman–Crippen MR) is 161 cm³/mol. The molecule has 0 aromatic heterocycles. The summed E-state index contributed by atoms with van der Waals surface area (Å²) in [6.45, 7) is 20.3. The van der Waals surface area contributed by atoms with Gasteiger partial charge in [0.15, 0.2) is 5.78 Å². The van der Waals surface area contributed by atoms with Gasteiger partial charge in [0.2, 0.25) is 0 Å². The Labute approximate surface area is 249 Å². The number of ketones is 1. The number of carbonyl (C=O) groups excluding carboxylic acids is 3. The number of carbonyl (C=O) groups is 3. The number of rotatable bonds is 5. The molecule has 0 aromatic carbocycles. The number of hydrogen-bond acceptors (Lipinski definition) is 5. The minimum atomic E-state index is -0.975. The van der Waals surface area contributed by atoms with Crippen LogP contribution in [0.15, 0.2) is 11.6 Å². The highest BCUT2D eigenvalue weighted by Gasteiger charge is 2.72. The first-order valence-electron chi connectivity index (χ1n) is 16.7. The topological polar surface area (TPSA) is 69.7 Å². The summed E-state index contributed by atoms with van der Waals surface area (Å²) in [6, 6.07) is 0. The van der Waals surface area contributed by atoms with Crippen molar-refractivity contribution in [3.05, 3.63) is 11.6 Å². The summed E-state index contributed by atoms with van der Waals surface area (Å²) in [5, 5.41) is 0. The summed E-state index contributed by atoms with van der Waals surface area (Å²) >= 11 is 0. The molecule has 0 radical (unpaired) electrons. The molecule has 41 heavy (non-hydrogen) atoms. The SMILES string of the molecule is CCCCOC(=O)[C@]1(C)[C@@H]2CC[C@]3(C)[C@H](C(=O)C=C4[C@@H]5[C@@H](C)[C@H](C)CC[C@]5(C)CC[C@]43C)[C@@]2(C)CC[C@H]1OC(C)=O. The predicted octanol–water partition coefficient (Wildman–Crippen LogP) is 8.10. The molecule has 0 N–H and O–H groups in total. The average molecular weight is 569 g/mol. The Kier molecular flexibility index (Phi) is 7.68. The maximum absolute atomic E-state index is 14.6. The Balaban J connectivity index is 1.58. The van der Waals surface area contributed by atoms with Crippen LogP contribution in [0.4, 0.5) is 0 Å². The van der Waals surface area contributed by atoms with Crippen molar-refractivity contribution in [2.24, 2.45) is 56.7 Å². The number of ether oxygens (including phenoxy) is 2. The highest BCUT2D eigenvalue weighted by Crippen LogP contribution is 2.75. The molecule has 0 saturated heterocycles. The first kappa shape index (κ1) is 30.8. The van der Waals surface area contributed by atoms with Crippen molar-refractivity contribution in [3.63, 3.8) is 0 Å². The summed E-state index contributed by atoms with van der Waals surface area (Å²) in [6.07, 6.45) is 11.3. The van der Waals surface area contributed by atoms with Gasteiger partial charge in [-0.3, -0.25) is 14.4 Å². The lowest BCUT2D eigenvalue weighted by Gasteiger charge is -2.70. The molecule has 5 heteroatoms. The Morgan fingerprint density at radius 1 is 0.951 bits per heavy atom. The number of esters is 2. The smallest absolute Gasteiger partial charge is 0.315 e. The first-order chi connectivity index (χ1) is 19.1. The summed E-state index contributed by atoms with van der Waals surface area (Å²) in [7, 11) is 0. The number of hydrogen-bond donors (Lipinski definition) is 0. The van der Waals surface area contributed by atoms with Crippen molar-refractivity contribution in [1.82, 2.24) is 0 Å². The number of unbranched alkanes of at least 4 members (excludes halogenated alkanes) is 1. The van der Waals surface area contributed by atoms with Crippen molar-refractivity contribution in [3.8, 4) is 0 Å². The second kappa shape index (κ2) is 10.2. The van der Waals surface area contributed by atoms with Crippen molar-refractivity contribution < 1.29 is 23.9 Å². The molecule has 0 spiro atoms. The standard InChI is InChI=1S/C36H56O5/c1-10-11-20-40-31(39)36(9)27-13-17-35(8)30(33(27,6)16-14-28(36)41-24(4)37)26(38)21-25-29-23(3)22(2)12-15-32(29,5)18-19-34(25,35)7/h21-23,27-30H,10-20H2,1-9H3/t22-,23+,27-,28-,29+,30-,32-,33+,34-,35-,36-/m1/s1. The van der Waals surface area contributed by atoms with Gasteiger partial charge in [-0.2, -0.15) is 0 Å². The molecule has 0 aliphatic heterocycles. The van der Waals surface area contributed by atoms with Crippen molar-refractivity contribution in [2.45, 2.75) is 133 Å². The van der Waals surface area contributed by atoms with Crippen molar-refractivity contribution in [1.29, 1.82) is 0 Å². The lowest BCUT2D eigenvalue weighted by atomic mass is 9.33. The van der Waals surface area contributed by atoms with Gasteiger partial charge in [0, 0.05) is 12.8 Å². The summed E-state index contributed by atoms with van der Waals surface area (Å²) in [4.78, 5) is 40.8. The molecule has 5 rings (SSSR count). The first-order valence-corrected chi connectivity index (χ1v) is 16.7. The average Bonchev–Trinajstić information content (AvgIpc) is 2.89. The monoisotopic (exact) mass is 568 g/mol. The van der Waals surface area contributed by atoms with E-state index in [2.05, 4.69) is 54.5 Å². The van der Waals surface area contributed by atoms with Gasteiger partial charge in [-0.25, -0.2) is 0 Å². The fraction of sp³-hybridized carbons (Fsp3) is 0.861. The molecule has 11 atom stereocenters. The zero-order valence-electron chi connectivity index (χ0n) is 27.4. The lowest BCUT2D eigenvalue weighted by molar-refractivity contribution is -0.223. The van der Waals surface area contributed by atoms with Crippen LogP contribution < -0.4 is 0 Å². The second-order valence-electron chi connectivity index (χ2n) is 16.2. The van der Waals surface area contributed by atoms with Crippen LogP contribution in [0.5, 0.6) is 0 Å². The lowest BCUT2D eigenvalue weighted by Crippen LogP contribution is -2.68. The zero-order chi connectivity index (χ0) is 30.2. The van der Waals surface area contributed by atoms with Gasteiger partial charge in [0.1, 0.15) is 11.5 Å². The van der Waals surface area contributed by atoms with E-state index in [1.54, 1.807) is 0 Å². The Morgan fingerprint density at radius 2 is 1.66 bits per heavy atom. The van der Waals surface area contributed by atoms with E-state index in [0.29, 0.717) is 30.8 Å². The molecule has 5 aliphatic rings. The van der Waals surface area contributed by atoms with E-state index in [1.807, 2.05) is 6.92 Å². The van der Waals surface area contributed by atoms with Crippen LogP contribution in [0.2, 0.25) is 0 Å². The Hall–Kier alpha value is -1.65. The van der Waals surface area contributed by atoms with Crippen LogP contribution in [0.25, 0.3) is 0 Å². The molecular weight excluding hydrogens is 512 g/mol. The normalized spacial score (nSPS) is 49.0. The van der Waals surface area contributed by atoms with Crippen molar-refractivity contribution >= 4 is 17.7 Å². The Morgan fingerprint density at radius 3 is 2.32 bits per heavy atom. The van der Waals surface area contributed by atoms with Gasteiger partial charge in [-0.15, -0.1) is 0 Å². The quantitative estimate of drug-likeness (QED) is 0.248.